The average Bonchev–Trinajstić information content (AvgIpc) is 3.43. The van der Waals surface area contributed by atoms with Crippen LogP contribution in [0.4, 0.5) is 17.3 Å². The molecule has 0 saturated carbocycles. The van der Waals surface area contributed by atoms with Gasteiger partial charge in [-0.15, -0.1) is 0 Å². The highest BCUT2D eigenvalue weighted by molar-refractivity contribution is 5.82. The Morgan fingerprint density at radius 2 is 2.07 bits per heavy atom. The van der Waals surface area contributed by atoms with Crippen molar-refractivity contribution in [2.24, 2.45) is 0 Å². The van der Waals surface area contributed by atoms with E-state index in [0.29, 0.717) is 6.04 Å². The van der Waals surface area contributed by atoms with E-state index in [9.17, 15) is 0 Å². The molecule has 1 aliphatic rings. The number of aromatic nitrogens is 4. The normalized spacial score (nSPS) is 16.2. The molecule has 4 aromatic rings. The third-order valence-electron chi connectivity index (χ3n) is 5.55. The van der Waals surface area contributed by atoms with E-state index in [-0.39, 0.29) is 0 Å². The molecule has 0 aliphatic carbocycles. The predicted octanol–water partition coefficient (Wildman–Crippen LogP) is 4.52. The van der Waals surface area contributed by atoms with Crippen molar-refractivity contribution in [2.45, 2.75) is 25.8 Å². The van der Waals surface area contributed by atoms with Crippen molar-refractivity contribution in [3.8, 4) is 11.3 Å². The van der Waals surface area contributed by atoms with Crippen molar-refractivity contribution in [1.82, 2.24) is 19.6 Å². The van der Waals surface area contributed by atoms with Gasteiger partial charge >= 0.3 is 0 Å². The van der Waals surface area contributed by atoms with Crippen molar-refractivity contribution in [1.29, 1.82) is 5.41 Å². The number of benzene rings is 1. The summed E-state index contributed by atoms with van der Waals surface area (Å²) in [5.41, 5.74) is 4.16. The van der Waals surface area contributed by atoms with Crippen LogP contribution in [0.2, 0.25) is 0 Å². The summed E-state index contributed by atoms with van der Waals surface area (Å²) in [6, 6.07) is 16.4. The minimum absolute atomic E-state index is 0.514. The predicted molar refractivity (Wildman–Crippen MR) is 120 cm³/mol. The lowest BCUT2D eigenvalue weighted by Gasteiger charge is -2.23. The van der Waals surface area contributed by atoms with E-state index in [4.69, 9.17) is 10.4 Å². The van der Waals surface area contributed by atoms with E-state index in [0.717, 1.165) is 46.3 Å². The van der Waals surface area contributed by atoms with Crippen LogP contribution in [0.15, 0.2) is 60.9 Å². The third kappa shape index (κ3) is 3.39. The highest BCUT2D eigenvalue weighted by Crippen LogP contribution is 2.28. The highest BCUT2D eigenvalue weighted by Gasteiger charge is 2.21. The summed E-state index contributed by atoms with van der Waals surface area (Å²) in [5, 5.41) is 15.6. The summed E-state index contributed by atoms with van der Waals surface area (Å²) >= 11 is 0. The Labute approximate surface area is 174 Å². The molecular formula is C23H23N7. The van der Waals surface area contributed by atoms with Crippen molar-refractivity contribution < 1.29 is 0 Å². The molecule has 7 heteroatoms. The van der Waals surface area contributed by atoms with Gasteiger partial charge in [-0.05, 0) is 49.6 Å². The molecule has 1 aliphatic heterocycles. The van der Waals surface area contributed by atoms with Gasteiger partial charge in [-0.25, -0.2) is 14.5 Å². The minimum atomic E-state index is 0.514. The van der Waals surface area contributed by atoms with Crippen LogP contribution >= 0.6 is 0 Å². The molecule has 0 bridgehead atoms. The third-order valence-corrected chi connectivity index (χ3v) is 5.55. The van der Waals surface area contributed by atoms with Crippen LogP contribution in [0, 0.1) is 5.41 Å². The van der Waals surface area contributed by atoms with Gasteiger partial charge in [0.05, 0.1) is 11.4 Å². The first-order chi connectivity index (χ1) is 14.7. The van der Waals surface area contributed by atoms with E-state index >= 15 is 0 Å². The quantitative estimate of drug-likeness (QED) is 0.484. The molecule has 4 heterocycles. The van der Waals surface area contributed by atoms with Gasteiger partial charge in [-0.1, -0.05) is 24.3 Å². The number of hydrogen-bond donors (Lipinski definition) is 2. The Morgan fingerprint density at radius 1 is 1.17 bits per heavy atom. The second-order valence-electron chi connectivity index (χ2n) is 7.60. The van der Waals surface area contributed by atoms with E-state index in [2.05, 4.69) is 33.3 Å². The van der Waals surface area contributed by atoms with E-state index < -0.39 is 0 Å². The molecule has 1 saturated heterocycles. The Balaban J connectivity index is 1.53. The monoisotopic (exact) mass is 397 g/mol. The van der Waals surface area contributed by atoms with Gasteiger partial charge in [-0.3, -0.25) is 0 Å². The summed E-state index contributed by atoms with van der Waals surface area (Å²) in [6.07, 6.45) is 7.32. The first kappa shape index (κ1) is 18.3. The van der Waals surface area contributed by atoms with Crippen LogP contribution in [0.3, 0.4) is 0 Å². The second-order valence-corrected chi connectivity index (χ2v) is 7.60. The molecule has 3 aromatic heterocycles. The lowest BCUT2D eigenvalue weighted by molar-refractivity contribution is 0.727. The lowest BCUT2D eigenvalue weighted by atomic mass is 10.1. The summed E-state index contributed by atoms with van der Waals surface area (Å²) in [4.78, 5) is 11.7. The lowest BCUT2D eigenvalue weighted by Crippen LogP contribution is -2.27. The molecule has 0 amide bonds. The maximum atomic E-state index is 7.52. The van der Waals surface area contributed by atoms with Gasteiger partial charge in [0.1, 0.15) is 11.6 Å². The van der Waals surface area contributed by atoms with E-state index in [1.807, 2.05) is 48.7 Å². The van der Waals surface area contributed by atoms with Crippen LogP contribution < -0.4 is 10.2 Å². The molecular weight excluding hydrogens is 374 g/mol. The second kappa shape index (κ2) is 7.59. The minimum Gasteiger partial charge on any atom is -0.354 e. The standard InChI is InChI=1S/C23H23N7/c1-16-5-4-11-29(16)22-9-3-8-21(27-22)26-20-14-19(28-30-12-10-25-23(20)30)18-7-2-6-17(13-18)15-24/h2-3,6-10,12-16,24H,4-5,11H2,1H3,(H,26,27). The first-order valence-corrected chi connectivity index (χ1v) is 10.2. The molecule has 1 atom stereocenters. The number of rotatable bonds is 5. The van der Waals surface area contributed by atoms with Crippen LogP contribution in [0.25, 0.3) is 16.9 Å². The molecule has 1 fully saturated rings. The number of nitrogens with zero attached hydrogens (tertiary/aromatic N) is 5. The molecule has 2 N–H and O–H groups in total. The highest BCUT2D eigenvalue weighted by atomic mass is 15.3. The molecule has 0 spiro atoms. The van der Waals surface area contributed by atoms with Gasteiger partial charge in [0.25, 0.3) is 0 Å². The Kier molecular flexibility index (Phi) is 4.63. The van der Waals surface area contributed by atoms with Gasteiger partial charge < -0.3 is 15.6 Å². The molecule has 5 rings (SSSR count). The largest absolute Gasteiger partial charge is 0.354 e. The fourth-order valence-corrected chi connectivity index (χ4v) is 4.00. The molecule has 7 nitrogen and oxygen atoms in total. The number of hydrogen-bond acceptors (Lipinski definition) is 6. The Bertz CT molecular complexity index is 1210. The van der Waals surface area contributed by atoms with Crippen molar-refractivity contribution in [3.05, 3.63) is 66.5 Å². The fraction of sp³-hybridized carbons (Fsp3) is 0.217. The smallest absolute Gasteiger partial charge is 0.177 e. The van der Waals surface area contributed by atoms with Crippen LogP contribution in [0.5, 0.6) is 0 Å². The van der Waals surface area contributed by atoms with Gasteiger partial charge in [0, 0.05) is 36.8 Å². The molecule has 1 unspecified atom stereocenters. The van der Waals surface area contributed by atoms with Crippen LogP contribution in [-0.2, 0) is 0 Å². The zero-order valence-corrected chi connectivity index (χ0v) is 16.8. The van der Waals surface area contributed by atoms with Crippen molar-refractivity contribution in [3.63, 3.8) is 0 Å². The van der Waals surface area contributed by atoms with E-state index in [1.54, 1.807) is 10.7 Å². The SMILES string of the molecule is CC1CCCN1c1cccc(Nc2cc(-c3cccc(C=N)c3)nn3ccnc23)n1. The number of fused-ring (bicyclic) bond motifs is 1. The zero-order chi connectivity index (χ0) is 20.5. The average molecular weight is 397 g/mol. The Hall–Kier alpha value is -3.74. The molecule has 30 heavy (non-hydrogen) atoms. The zero-order valence-electron chi connectivity index (χ0n) is 16.8. The summed E-state index contributed by atoms with van der Waals surface area (Å²) in [5.74, 6) is 1.78. The maximum Gasteiger partial charge on any atom is 0.177 e. The summed E-state index contributed by atoms with van der Waals surface area (Å²) in [6.45, 7) is 3.30. The van der Waals surface area contributed by atoms with E-state index in [1.165, 1.54) is 19.1 Å². The number of pyridine rings is 1. The first-order valence-electron chi connectivity index (χ1n) is 10.2. The van der Waals surface area contributed by atoms with Crippen molar-refractivity contribution >= 4 is 29.2 Å². The number of nitrogens with one attached hydrogen (secondary N) is 2. The van der Waals surface area contributed by atoms with Gasteiger partial charge in [-0.2, -0.15) is 5.10 Å². The summed E-state index contributed by atoms with van der Waals surface area (Å²) in [7, 11) is 0. The molecule has 0 radical (unpaired) electrons. The van der Waals surface area contributed by atoms with Crippen LogP contribution in [-0.4, -0.2) is 38.4 Å². The molecule has 150 valence electrons. The molecule has 1 aromatic carbocycles. The van der Waals surface area contributed by atoms with Gasteiger partial charge in [0.2, 0.25) is 0 Å². The number of anilines is 3. The fourth-order valence-electron chi connectivity index (χ4n) is 4.00. The summed E-state index contributed by atoms with van der Waals surface area (Å²) < 4.78 is 1.77. The Morgan fingerprint density at radius 3 is 2.90 bits per heavy atom. The topological polar surface area (TPSA) is 82.2 Å². The van der Waals surface area contributed by atoms with Crippen molar-refractivity contribution in [2.75, 3.05) is 16.8 Å². The maximum absolute atomic E-state index is 7.52. The van der Waals surface area contributed by atoms with Gasteiger partial charge in [0.15, 0.2) is 5.65 Å². The number of imidazole rings is 1. The van der Waals surface area contributed by atoms with Crippen LogP contribution in [0.1, 0.15) is 25.3 Å².